The number of nitrogens with zero attached hydrogens (tertiary/aromatic N) is 2. The van der Waals surface area contributed by atoms with E-state index in [4.69, 9.17) is 15.3 Å². The van der Waals surface area contributed by atoms with E-state index >= 15 is 0 Å². The number of hydrogen-bond donors (Lipinski definition) is 3. The Kier molecular flexibility index (Phi) is 32.0. The van der Waals surface area contributed by atoms with Gasteiger partial charge in [-0.15, -0.1) is 0 Å². The molecule has 8 nitrogen and oxygen atoms in total. The minimum Gasteiger partial charge on any atom is -0.481 e. The summed E-state index contributed by atoms with van der Waals surface area (Å²) >= 11 is 0. The van der Waals surface area contributed by atoms with Gasteiger partial charge in [0.05, 0.1) is 6.54 Å². The van der Waals surface area contributed by atoms with Gasteiger partial charge in [-0.3, -0.25) is 24.2 Å². The van der Waals surface area contributed by atoms with Crippen LogP contribution in [0.15, 0.2) is 24.3 Å². The topological polar surface area (TPSA) is 118 Å². The maximum absolute atomic E-state index is 10.9. The zero-order valence-corrected chi connectivity index (χ0v) is 27.5. The van der Waals surface area contributed by atoms with Crippen molar-refractivity contribution in [3.8, 4) is 0 Å². The molecule has 0 fully saturated rings. The Balaban J connectivity index is -0.000000636. The number of aliphatic carboxylic acids is 3. The minimum atomic E-state index is -0.745. The van der Waals surface area contributed by atoms with Gasteiger partial charge in [0.2, 0.25) is 0 Å². The van der Waals surface area contributed by atoms with Crippen molar-refractivity contribution in [2.45, 2.75) is 120 Å². The molecule has 0 saturated carbocycles. The molecule has 1 rings (SSSR count). The second kappa shape index (κ2) is 30.5. The van der Waals surface area contributed by atoms with Crippen molar-refractivity contribution >= 4 is 17.9 Å². The molecule has 1 unspecified atom stereocenters. The molecular formula is C33H62N2O6. The predicted molar refractivity (Wildman–Crippen MR) is 171 cm³/mol. The average Bonchev–Trinajstić information content (AvgIpc) is 2.93. The molecule has 0 aliphatic rings. The summed E-state index contributed by atoms with van der Waals surface area (Å²) < 4.78 is 0. The molecule has 0 aliphatic carbocycles. The first kappa shape index (κ1) is 43.0. The number of rotatable bonds is 19. The Morgan fingerprint density at radius 2 is 1.20 bits per heavy atom. The van der Waals surface area contributed by atoms with Gasteiger partial charge in [-0.05, 0) is 50.8 Å². The number of carboxylic acid groups (broad SMARTS) is 3. The second-order valence-corrected chi connectivity index (χ2v) is 10.2. The van der Waals surface area contributed by atoms with E-state index in [1.165, 1.54) is 30.4 Å². The molecule has 8 heteroatoms. The Labute approximate surface area is 251 Å². The fourth-order valence-electron chi connectivity index (χ4n) is 3.90. The highest BCUT2D eigenvalue weighted by Gasteiger charge is 2.11. The van der Waals surface area contributed by atoms with Gasteiger partial charge < -0.3 is 15.3 Å². The van der Waals surface area contributed by atoms with E-state index in [2.05, 4.69) is 63.8 Å². The first-order valence-corrected chi connectivity index (χ1v) is 15.6. The van der Waals surface area contributed by atoms with Gasteiger partial charge in [-0.1, -0.05) is 104 Å². The molecule has 0 aliphatic heterocycles. The van der Waals surface area contributed by atoms with Crippen molar-refractivity contribution in [2.24, 2.45) is 5.92 Å². The van der Waals surface area contributed by atoms with Gasteiger partial charge in [0.15, 0.2) is 0 Å². The van der Waals surface area contributed by atoms with Crippen molar-refractivity contribution in [2.75, 3.05) is 32.7 Å². The summed E-state index contributed by atoms with van der Waals surface area (Å²) in [4.78, 5) is 34.9. The molecular weight excluding hydrogens is 520 g/mol. The molecule has 1 aromatic carbocycles. The third kappa shape index (κ3) is 31.9. The predicted octanol–water partition coefficient (Wildman–Crippen LogP) is 7.58. The van der Waals surface area contributed by atoms with Gasteiger partial charge in [0.1, 0.15) is 0 Å². The first-order valence-electron chi connectivity index (χ1n) is 15.6. The summed E-state index contributed by atoms with van der Waals surface area (Å²) in [5.41, 5.74) is 2.60. The van der Waals surface area contributed by atoms with Gasteiger partial charge >= 0.3 is 17.9 Å². The molecule has 1 atom stereocenters. The van der Waals surface area contributed by atoms with E-state index in [-0.39, 0.29) is 13.0 Å². The van der Waals surface area contributed by atoms with Crippen LogP contribution in [0.5, 0.6) is 0 Å². The number of carbonyl (C=O) groups is 3. The van der Waals surface area contributed by atoms with Gasteiger partial charge in [0, 0.05) is 32.5 Å². The molecule has 240 valence electrons. The van der Waals surface area contributed by atoms with Crippen LogP contribution in [-0.2, 0) is 20.9 Å². The monoisotopic (exact) mass is 582 g/mol. The lowest BCUT2D eigenvalue weighted by atomic mass is 9.98. The molecule has 1 aromatic rings. The van der Waals surface area contributed by atoms with Gasteiger partial charge in [-0.25, -0.2) is 0 Å². The zero-order chi connectivity index (χ0) is 32.1. The highest BCUT2D eigenvalue weighted by atomic mass is 16.4. The lowest BCUT2D eigenvalue weighted by molar-refractivity contribution is -0.139. The summed E-state index contributed by atoms with van der Waals surface area (Å²) in [5, 5.41) is 25.1. The van der Waals surface area contributed by atoms with Crippen molar-refractivity contribution in [1.29, 1.82) is 0 Å². The third-order valence-corrected chi connectivity index (χ3v) is 6.14. The van der Waals surface area contributed by atoms with Crippen LogP contribution < -0.4 is 0 Å². The van der Waals surface area contributed by atoms with E-state index in [0.29, 0.717) is 12.3 Å². The second-order valence-electron chi connectivity index (χ2n) is 10.2. The van der Waals surface area contributed by atoms with Gasteiger partial charge in [0.25, 0.3) is 0 Å². The van der Waals surface area contributed by atoms with Crippen LogP contribution in [0.3, 0.4) is 0 Å². The van der Waals surface area contributed by atoms with E-state index in [1.54, 1.807) is 6.92 Å². The Bertz CT molecular complexity index is 755. The van der Waals surface area contributed by atoms with Crippen molar-refractivity contribution < 1.29 is 29.7 Å². The van der Waals surface area contributed by atoms with Crippen LogP contribution in [-0.4, -0.2) is 75.8 Å². The molecule has 0 bridgehead atoms. The summed E-state index contributed by atoms with van der Waals surface area (Å²) in [6, 6.07) is 8.65. The van der Waals surface area contributed by atoms with Crippen LogP contribution in [0.4, 0.5) is 0 Å². The Morgan fingerprint density at radius 3 is 1.63 bits per heavy atom. The normalized spacial score (nSPS) is 10.9. The number of benzene rings is 1. The van der Waals surface area contributed by atoms with Crippen LogP contribution in [0.25, 0.3) is 0 Å². The highest BCUT2D eigenvalue weighted by Crippen LogP contribution is 2.14. The van der Waals surface area contributed by atoms with Crippen LogP contribution in [0, 0.1) is 12.8 Å². The number of aryl methyl sites for hydroxylation is 1. The molecule has 0 radical (unpaired) electrons. The van der Waals surface area contributed by atoms with Crippen molar-refractivity contribution in [1.82, 2.24) is 9.80 Å². The fourth-order valence-corrected chi connectivity index (χ4v) is 3.90. The summed E-state index contributed by atoms with van der Waals surface area (Å²) in [7, 11) is 0. The lowest BCUT2D eigenvalue weighted by Gasteiger charge is -2.26. The highest BCUT2D eigenvalue weighted by molar-refractivity contribution is 5.69. The van der Waals surface area contributed by atoms with Crippen LogP contribution in [0.2, 0.25) is 0 Å². The maximum atomic E-state index is 10.9. The van der Waals surface area contributed by atoms with E-state index < -0.39 is 17.9 Å². The molecule has 0 heterocycles. The zero-order valence-electron chi connectivity index (χ0n) is 27.5. The molecule has 0 saturated heterocycles. The fraction of sp³-hybridized carbons (Fsp3) is 0.727. The summed E-state index contributed by atoms with van der Waals surface area (Å²) in [5.74, 6) is -1.46. The number of carboxylic acids is 3. The van der Waals surface area contributed by atoms with Gasteiger partial charge in [-0.2, -0.15) is 0 Å². The molecule has 0 aromatic heterocycles. The van der Waals surface area contributed by atoms with Crippen LogP contribution in [0.1, 0.15) is 117 Å². The number of unbranched alkanes of at least 4 members (excludes halogenated alkanes) is 1. The van der Waals surface area contributed by atoms with E-state index in [9.17, 15) is 14.4 Å². The van der Waals surface area contributed by atoms with E-state index in [0.717, 1.165) is 58.4 Å². The standard InChI is InChI=1S/C18H30N2O2.C10H20O2.C3H6O2.C2H6/c1-4-10-19(14-17-8-6-16(3)7-9-17)12-13-20(11-5-2)15-18(21)22;1-3-4-6-9(2)7-5-8-10(11)12;1-2-3(4)5;1-2/h6-9H,4-5,10-15H2,1-3H3,(H,21,22);9H,3-8H2,1-2H3,(H,11,12);2H2,1H3,(H,4,5);1-2H3. The molecule has 41 heavy (non-hydrogen) atoms. The summed E-state index contributed by atoms with van der Waals surface area (Å²) in [6.07, 6.45) is 8.30. The first-order chi connectivity index (χ1) is 19.5. The number of hydrogen-bond acceptors (Lipinski definition) is 5. The van der Waals surface area contributed by atoms with Crippen molar-refractivity contribution in [3.05, 3.63) is 35.4 Å². The Morgan fingerprint density at radius 1 is 0.707 bits per heavy atom. The minimum absolute atomic E-state index is 0.137. The lowest BCUT2D eigenvalue weighted by Crippen LogP contribution is -2.38. The quantitative estimate of drug-likeness (QED) is 0.153. The average molecular weight is 583 g/mol. The van der Waals surface area contributed by atoms with E-state index in [1.807, 2.05) is 18.7 Å². The molecule has 3 N–H and O–H groups in total. The maximum Gasteiger partial charge on any atom is 0.317 e. The Hall–Kier alpha value is -2.45. The van der Waals surface area contributed by atoms with Crippen LogP contribution >= 0.6 is 0 Å². The largest absolute Gasteiger partial charge is 0.481 e. The molecule has 0 spiro atoms. The summed E-state index contributed by atoms with van der Waals surface area (Å²) in [6.45, 7) is 21.0. The smallest absolute Gasteiger partial charge is 0.317 e. The molecule has 0 amide bonds. The van der Waals surface area contributed by atoms with Crippen molar-refractivity contribution in [3.63, 3.8) is 0 Å². The SMILES string of the molecule is CC.CCC(=O)O.CCCCC(C)CCCC(=O)O.CCCN(CCN(CCC)Cc1ccc(C)cc1)CC(=O)O. The third-order valence-electron chi connectivity index (χ3n) is 6.14.